The molecule has 1 aliphatic heterocycles. The van der Waals surface area contributed by atoms with E-state index in [9.17, 15) is 14.4 Å². The number of esters is 1. The van der Waals surface area contributed by atoms with Gasteiger partial charge in [0.25, 0.3) is 0 Å². The fourth-order valence-corrected chi connectivity index (χ4v) is 2.24. The quantitative estimate of drug-likeness (QED) is 0.791. The number of ether oxygens (including phenoxy) is 1. The third-order valence-corrected chi connectivity index (χ3v) is 3.43. The molecule has 2 amide bonds. The minimum atomic E-state index is -0.664. The summed E-state index contributed by atoms with van der Waals surface area (Å²) in [5.41, 5.74) is -0.567. The van der Waals surface area contributed by atoms with Crippen molar-refractivity contribution in [3.8, 4) is 0 Å². The van der Waals surface area contributed by atoms with Crippen LogP contribution in [-0.4, -0.2) is 47.4 Å². The molecule has 0 bridgehead atoms. The molecule has 1 saturated heterocycles. The van der Waals surface area contributed by atoms with Crippen molar-refractivity contribution in [1.29, 1.82) is 0 Å². The zero-order valence-electron chi connectivity index (χ0n) is 13.6. The standard InChI is InChI=1S/C15H26N2O4/c1-10(14(20)21-15(3,4)5)16-13(19)12-6-8-17(9-7-12)11(2)18/h10,12H,6-9H2,1-5H3,(H,16,19)/t10-/m1/s1. The van der Waals surface area contributed by atoms with E-state index in [-0.39, 0.29) is 17.7 Å². The maximum atomic E-state index is 12.1. The number of rotatable bonds is 3. The summed E-state index contributed by atoms with van der Waals surface area (Å²) >= 11 is 0. The average molecular weight is 298 g/mol. The van der Waals surface area contributed by atoms with Crippen LogP contribution in [0.1, 0.15) is 47.5 Å². The molecular weight excluding hydrogens is 272 g/mol. The lowest BCUT2D eigenvalue weighted by molar-refractivity contribution is -0.158. The van der Waals surface area contributed by atoms with Gasteiger partial charge in [-0.15, -0.1) is 0 Å². The molecule has 0 spiro atoms. The van der Waals surface area contributed by atoms with Crippen molar-refractivity contribution in [2.24, 2.45) is 5.92 Å². The van der Waals surface area contributed by atoms with Gasteiger partial charge in [0.15, 0.2) is 0 Å². The molecule has 6 nitrogen and oxygen atoms in total. The number of nitrogens with zero attached hydrogens (tertiary/aromatic N) is 1. The lowest BCUT2D eigenvalue weighted by atomic mass is 9.95. The highest BCUT2D eigenvalue weighted by molar-refractivity contribution is 5.85. The van der Waals surface area contributed by atoms with E-state index in [0.29, 0.717) is 25.9 Å². The Morgan fingerprint density at radius 3 is 2.14 bits per heavy atom. The summed E-state index contributed by atoms with van der Waals surface area (Å²) in [6.07, 6.45) is 1.26. The summed E-state index contributed by atoms with van der Waals surface area (Å²) < 4.78 is 5.23. The Labute approximate surface area is 126 Å². The number of hydrogen-bond donors (Lipinski definition) is 1. The molecule has 21 heavy (non-hydrogen) atoms. The second-order valence-corrected chi connectivity index (χ2v) is 6.54. The molecule has 0 aliphatic carbocycles. The van der Waals surface area contributed by atoms with E-state index in [0.717, 1.165) is 0 Å². The van der Waals surface area contributed by atoms with E-state index in [1.54, 1.807) is 32.6 Å². The van der Waals surface area contributed by atoms with Gasteiger partial charge in [0.2, 0.25) is 11.8 Å². The topological polar surface area (TPSA) is 75.7 Å². The van der Waals surface area contributed by atoms with Crippen molar-refractivity contribution in [2.45, 2.75) is 59.1 Å². The number of hydrogen-bond acceptors (Lipinski definition) is 4. The zero-order valence-corrected chi connectivity index (χ0v) is 13.6. The maximum absolute atomic E-state index is 12.1. The van der Waals surface area contributed by atoms with Crippen LogP contribution >= 0.6 is 0 Å². The largest absolute Gasteiger partial charge is 0.458 e. The lowest BCUT2D eigenvalue weighted by Gasteiger charge is -2.31. The molecule has 1 aliphatic rings. The van der Waals surface area contributed by atoms with E-state index in [1.165, 1.54) is 6.92 Å². The first-order valence-electron chi connectivity index (χ1n) is 7.39. The molecule has 0 radical (unpaired) electrons. The van der Waals surface area contributed by atoms with Gasteiger partial charge in [0.05, 0.1) is 0 Å². The average Bonchev–Trinajstić information content (AvgIpc) is 2.36. The van der Waals surface area contributed by atoms with E-state index in [4.69, 9.17) is 4.74 Å². The first-order chi connectivity index (χ1) is 9.60. The molecular formula is C15H26N2O4. The van der Waals surface area contributed by atoms with E-state index >= 15 is 0 Å². The third kappa shape index (κ3) is 5.73. The number of carbonyl (C=O) groups is 3. The third-order valence-electron chi connectivity index (χ3n) is 3.43. The van der Waals surface area contributed by atoms with Crippen LogP contribution in [0.5, 0.6) is 0 Å². The van der Waals surface area contributed by atoms with Crippen molar-refractivity contribution < 1.29 is 19.1 Å². The smallest absolute Gasteiger partial charge is 0.328 e. The highest BCUT2D eigenvalue weighted by Crippen LogP contribution is 2.18. The minimum Gasteiger partial charge on any atom is -0.458 e. The van der Waals surface area contributed by atoms with Gasteiger partial charge in [-0.1, -0.05) is 0 Å². The molecule has 1 heterocycles. The van der Waals surface area contributed by atoms with Crippen molar-refractivity contribution >= 4 is 17.8 Å². The van der Waals surface area contributed by atoms with Crippen molar-refractivity contribution in [2.75, 3.05) is 13.1 Å². The van der Waals surface area contributed by atoms with Crippen LogP contribution in [-0.2, 0) is 19.1 Å². The molecule has 0 aromatic rings. The molecule has 0 aromatic carbocycles. The second kappa shape index (κ2) is 6.91. The van der Waals surface area contributed by atoms with Gasteiger partial charge < -0.3 is 15.0 Å². The molecule has 1 atom stereocenters. The normalized spacial score (nSPS) is 18.0. The number of likely N-dealkylation sites (tertiary alicyclic amines) is 1. The summed E-state index contributed by atoms with van der Waals surface area (Å²) in [5.74, 6) is -0.685. The molecule has 1 N–H and O–H groups in total. The zero-order chi connectivity index (χ0) is 16.2. The number of piperidine rings is 1. The van der Waals surface area contributed by atoms with E-state index in [1.807, 2.05) is 0 Å². The highest BCUT2D eigenvalue weighted by Gasteiger charge is 2.29. The Morgan fingerprint density at radius 2 is 1.71 bits per heavy atom. The van der Waals surface area contributed by atoms with Crippen LogP contribution in [0, 0.1) is 5.92 Å². The maximum Gasteiger partial charge on any atom is 0.328 e. The summed E-state index contributed by atoms with van der Waals surface area (Å²) in [4.78, 5) is 36.9. The van der Waals surface area contributed by atoms with Crippen LogP contribution in [0.3, 0.4) is 0 Å². The molecule has 1 fully saturated rings. The van der Waals surface area contributed by atoms with Gasteiger partial charge in [0.1, 0.15) is 11.6 Å². The van der Waals surface area contributed by atoms with Crippen LogP contribution in [0.25, 0.3) is 0 Å². The summed E-state index contributed by atoms with van der Waals surface area (Å²) in [5, 5.41) is 2.70. The van der Waals surface area contributed by atoms with Crippen molar-refractivity contribution in [1.82, 2.24) is 10.2 Å². The Morgan fingerprint density at radius 1 is 1.19 bits per heavy atom. The number of carbonyl (C=O) groups excluding carboxylic acids is 3. The molecule has 0 unspecified atom stereocenters. The Balaban J connectivity index is 2.43. The Kier molecular flexibility index (Phi) is 5.75. The van der Waals surface area contributed by atoms with Crippen molar-refractivity contribution in [3.05, 3.63) is 0 Å². The minimum absolute atomic E-state index is 0.0379. The van der Waals surface area contributed by atoms with Crippen LogP contribution in [0.2, 0.25) is 0 Å². The first-order valence-corrected chi connectivity index (χ1v) is 7.39. The number of nitrogens with one attached hydrogen (secondary N) is 1. The second-order valence-electron chi connectivity index (χ2n) is 6.54. The summed E-state index contributed by atoms with van der Waals surface area (Å²) in [7, 11) is 0. The fraction of sp³-hybridized carbons (Fsp3) is 0.800. The van der Waals surface area contributed by atoms with Gasteiger partial charge in [-0.2, -0.15) is 0 Å². The Bertz CT molecular complexity index is 406. The van der Waals surface area contributed by atoms with Gasteiger partial charge in [-0.05, 0) is 40.5 Å². The van der Waals surface area contributed by atoms with E-state index in [2.05, 4.69) is 5.32 Å². The molecule has 0 saturated carbocycles. The van der Waals surface area contributed by atoms with Crippen LogP contribution in [0.15, 0.2) is 0 Å². The van der Waals surface area contributed by atoms with Crippen molar-refractivity contribution in [3.63, 3.8) is 0 Å². The van der Waals surface area contributed by atoms with Gasteiger partial charge in [0, 0.05) is 25.9 Å². The summed E-state index contributed by atoms with van der Waals surface area (Å²) in [6, 6.07) is -0.664. The van der Waals surface area contributed by atoms with Gasteiger partial charge in [-0.25, -0.2) is 4.79 Å². The monoisotopic (exact) mass is 298 g/mol. The molecule has 0 aromatic heterocycles. The predicted molar refractivity (Wildman–Crippen MR) is 78.4 cm³/mol. The lowest BCUT2D eigenvalue weighted by Crippen LogP contribution is -2.47. The fourth-order valence-electron chi connectivity index (χ4n) is 2.24. The molecule has 6 heteroatoms. The Hall–Kier alpha value is -1.59. The number of amides is 2. The predicted octanol–water partition coefficient (Wildman–Crippen LogP) is 1.09. The van der Waals surface area contributed by atoms with Gasteiger partial charge in [-0.3, -0.25) is 9.59 Å². The highest BCUT2D eigenvalue weighted by atomic mass is 16.6. The molecule has 120 valence electrons. The SMILES string of the molecule is CC(=O)N1CCC(C(=O)N[C@H](C)C(=O)OC(C)(C)C)CC1. The summed E-state index contributed by atoms with van der Waals surface area (Å²) in [6.45, 7) is 9.70. The van der Waals surface area contributed by atoms with Gasteiger partial charge >= 0.3 is 5.97 Å². The van der Waals surface area contributed by atoms with E-state index < -0.39 is 17.6 Å². The van der Waals surface area contributed by atoms with Crippen LogP contribution in [0.4, 0.5) is 0 Å². The molecule has 1 rings (SSSR count). The first kappa shape index (κ1) is 17.5. The van der Waals surface area contributed by atoms with Crippen LogP contribution < -0.4 is 5.32 Å².